The van der Waals surface area contributed by atoms with Crippen molar-refractivity contribution >= 4 is 35.9 Å². The van der Waals surface area contributed by atoms with Gasteiger partial charge in [0.15, 0.2) is 4.23 Å². The molecule has 7 heteroatoms. The molecule has 0 heterocycles. The van der Waals surface area contributed by atoms with Crippen LogP contribution in [-0.4, -0.2) is 32.4 Å². The molecule has 1 aliphatic carbocycles. The summed E-state index contributed by atoms with van der Waals surface area (Å²) >= 11 is 2.01. The first-order valence-electron chi connectivity index (χ1n) is 9.31. The summed E-state index contributed by atoms with van der Waals surface area (Å²) in [7, 11) is 7.82. The number of aryl methyl sites for hydroxylation is 1. The second-order valence-corrected chi connectivity index (χ2v) is 8.59. The molecule has 4 N–H and O–H groups in total. The number of alkyl halides is 1. The van der Waals surface area contributed by atoms with Gasteiger partial charge >= 0.3 is 0 Å². The van der Waals surface area contributed by atoms with E-state index < -0.39 is 9.77 Å². The van der Waals surface area contributed by atoms with E-state index in [4.69, 9.17) is 33.5 Å². The highest BCUT2D eigenvalue weighted by Gasteiger charge is 2.32. The van der Waals surface area contributed by atoms with Gasteiger partial charge in [0.05, 0.1) is 25.9 Å². The number of halogens is 1. The molecule has 2 atom stereocenters. The van der Waals surface area contributed by atoms with Crippen molar-refractivity contribution in [2.45, 2.75) is 29.5 Å². The first-order valence-corrected chi connectivity index (χ1v) is 10.6. The van der Waals surface area contributed by atoms with Crippen molar-refractivity contribution in [2.75, 3.05) is 20.3 Å². The van der Waals surface area contributed by atoms with Crippen LogP contribution < -0.4 is 26.4 Å². The van der Waals surface area contributed by atoms with Crippen LogP contribution in [0, 0.1) is 12.8 Å². The number of hydrogen-bond donors (Lipinski definition) is 2. The predicted molar refractivity (Wildman–Crippen MR) is 121 cm³/mol. The minimum atomic E-state index is -0.938. The third-order valence-electron chi connectivity index (χ3n) is 5.01. The minimum absolute atomic E-state index is 0.203. The lowest BCUT2D eigenvalue weighted by Gasteiger charge is -2.32. The van der Waals surface area contributed by atoms with Gasteiger partial charge < -0.3 is 19.9 Å². The largest absolute Gasteiger partial charge is 0.496 e. The van der Waals surface area contributed by atoms with Gasteiger partial charge in [0.25, 0.3) is 0 Å². The summed E-state index contributed by atoms with van der Waals surface area (Å²) in [6.07, 6.45) is 2.45. The fourth-order valence-corrected chi connectivity index (χ4v) is 3.34. The van der Waals surface area contributed by atoms with Crippen LogP contribution in [0.4, 0.5) is 0 Å². The average molecular weight is 492 g/mol. The Balaban J connectivity index is 1.99. The van der Waals surface area contributed by atoms with Gasteiger partial charge in [-0.2, -0.15) is 0 Å². The van der Waals surface area contributed by atoms with Gasteiger partial charge in [0.2, 0.25) is 0 Å². The summed E-state index contributed by atoms with van der Waals surface area (Å²) in [5, 5.41) is 0. The van der Waals surface area contributed by atoms with E-state index in [1.54, 1.807) is 7.11 Å². The molecule has 1 saturated carbocycles. The van der Waals surface area contributed by atoms with Gasteiger partial charge in [0, 0.05) is 0 Å². The van der Waals surface area contributed by atoms with Crippen LogP contribution in [0.1, 0.15) is 29.5 Å². The van der Waals surface area contributed by atoms with Crippen molar-refractivity contribution in [3.05, 3.63) is 53.1 Å². The van der Waals surface area contributed by atoms with Crippen LogP contribution in [0.5, 0.6) is 11.5 Å². The topological polar surface area (TPSA) is 79.7 Å². The molecule has 3 rings (SSSR count). The number of nitrogens with two attached hydrogens (primary N) is 2. The Morgan fingerprint density at radius 2 is 1.96 bits per heavy atom. The van der Waals surface area contributed by atoms with Gasteiger partial charge in [-0.1, -0.05) is 23.7 Å². The summed E-state index contributed by atoms with van der Waals surface area (Å²) in [5.41, 5.74) is 15.1. The molecule has 148 valence electrons. The Bertz CT molecular complexity index is 829. The molecule has 0 spiro atoms. The van der Waals surface area contributed by atoms with E-state index in [1.807, 2.05) is 65.9 Å². The van der Waals surface area contributed by atoms with Crippen LogP contribution in [-0.2, 0) is 10.3 Å². The second-order valence-electron chi connectivity index (χ2n) is 7.36. The zero-order valence-corrected chi connectivity index (χ0v) is 18.4. The Labute approximate surface area is 181 Å². The molecule has 2 aromatic rings. The lowest BCUT2D eigenvalue weighted by atomic mass is 9.81. The molecule has 0 aliphatic heterocycles. The number of benzene rings is 2. The van der Waals surface area contributed by atoms with Gasteiger partial charge in [-0.05, 0) is 83.2 Å². The van der Waals surface area contributed by atoms with Crippen molar-refractivity contribution in [1.82, 2.24) is 0 Å². The Hall–Kier alpha value is -1.29. The monoisotopic (exact) mass is 492 g/mol. The van der Waals surface area contributed by atoms with Gasteiger partial charge in [-0.25, -0.2) is 0 Å². The van der Waals surface area contributed by atoms with Gasteiger partial charge in [-0.3, -0.25) is 5.73 Å². The Kier molecular flexibility index (Phi) is 6.91. The lowest BCUT2D eigenvalue weighted by molar-refractivity contribution is 0.0913. The standard InChI is InChI=1S/C21H26BIN2O3/c1-13-7-15(5-6-19(13)26-2)21(25,12-28-20(23)24)16-8-17(22)10-18(9-16)27-11-14-3-4-14/h5-10,14,20H,3-4,11-12,24-25H2,1-2H3. The molecule has 0 bridgehead atoms. The zero-order valence-electron chi connectivity index (χ0n) is 16.3. The van der Waals surface area contributed by atoms with Crippen LogP contribution in [0.2, 0.25) is 0 Å². The molecule has 0 saturated heterocycles. The average Bonchev–Trinajstić information content (AvgIpc) is 3.48. The summed E-state index contributed by atoms with van der Waals surface area (Å²) in [5.74, 6) is 2.18. The van der Waals surface area contributed by atoms with Crippen molar-refractivity contribution in [1.29, 1.82) is 0 Å². The first-order chi connectivity index (χ1) is 13.3. The minimum Gasteiger partial charge on any atom is -0.496 e. The summed E-state index contributed by atoms with van der Waals surface area (Å²) in [6.45, 7) is 2.89. The first kappa shape index (κ1) is 21.4. The summed E-state index contributed by atoms with van der Waals surface area (Å²) in [4.78, 5) is 0. The molecule has 2 unspecified atom stereocenters. The van der Waals surface area contributed by atoms with Crippen molar-refractivity contribution in [2.24, 2.45) is 17.4 Å². The maximum absolute atomic E-state index is 6.92. The molecule has 1 aliphatic rings. The number of rotatable bonds is 9. The van der Waals surface area contributed by atoms with E-state index in [0.717, 1.165) is 28.2 Å². The van der Waals surface area contributed by atoms with Gasteiger partial charge in [-0.15, -0.1) is 0 Å². The van der Waals surface area contributed by atoms with E-state index in [0.29, 0.717) is 18.0 Å². The van der Waals surface area contributed by atoms with E-state index in [9.17, 15) is 0 Å². The van der Waals surface area contributed by atoms with Crippen molar-refractivity contribution < 1.29 is 14.2 Å². The van der Waals surface area contributed by atoms with E-state index >= 15 is 0 Å². The van der Waals surface area contributed by atoms with Crippen LogP contribution >= 0.6 is 22.6 Å². The molecule has 0 aromatic heterocycles. The highest BCUT2D eigenvalue weighted by molar-refractivity contribution is 14.1. The van der Waals surface area contributed by atoms with Crippen LogP contribution in [0.3, 0.4) is 0 Å². The zero-order chi connectivity index (χ0) is 20.3. The van der Waals surface area contributed by atoms with Gasteiger partial charge in [0.1, 0.15) is 19.3 Å². The molecule has 2 radical (unpaired) electrons. The number of hydrogen-bond acceptors (Lipinski definition) is 5. The Morgan fingerprint density at radius 1 is 1.21 bits per heavy atom. The smallest absolute Gasteiger partial charge is 0.158 e. The lowest BCUT2D eigenvalue weighted by Crippen LogP contribution is -2.44. The maximum Gasteiger partial charge on any atom is 0.158 e. The highest BCUT2D eigenvalue weighted by Crippen LogP contribution is 2.34. The van der Waals surface area contributed by atoms with Crippen LogP contribution in [0.15, 0.2) is 36.4 Å². The molecule has 0 amide bonds. The van der Waals surface area contributed by atoms with E-state index in [-0.39, 0.29) is 6.61 Å². The van der Waals surface area contributed by atoms with Crippen molar-refractivity contribution in [3.8, 4) is 11.5 Å². The summed E-state index contributed by atoms with van der Waals surface area (Å²) in [6, 6.07) is 11.5. The molecule has 5 nitrogen and oxygen atoms in total. The quantitative estimate of drug-likeness (QED) is 0.185. The summed E-state index contributed by atoms with van der Waals surface area (Å²) < 4.78 is 16.6. The Morgan fingerprint density at radius 3 is 2.57 bits per heavy atom. The number of methoxy groups -OCH3 is 1. The predicted octanol–water partition coefficient (Wildman–Crippen LogP) is 2.48. The molecule has 1 fully saturated rings. The van der Waals surface area contributed by atoms with Crippen LogP contribution in [0.25, 0.3) is 0 Å². The molecular formula is C21H26BIN2O3. The third kappa shape index (κ3) is 5.20. The second kappa shape index (κ2) is 9.03. The number of ether oxygens (including phenoxy) is 3. The maximum atomic E-state index is 6.92. The van der Waals surface area contributed by atoms with E-state index in [1.165, 1.54) is 12.8 Å². The fourth-order valence-electron chi connectivity index (χ4n) is 3.16. The fraction of sp³-hybridized carbons (Fsp3) is 0.429. The molecule has 2 aromatic carbocycles. The molecule has 28 heavy (non-hydrogen) atoms. The van der Waals surface area contributed by atoms with Crippen molar-refractivity contribution in [3.63, 3.8) is 0 Å². The van der Waals surface area contributed by atoms with E-state index in [2.05, 4.69) is 0 Å². The molecular weight excluding hydrogens is 466 g/mol. The normalized spacial score (nSPS) is 17.0. The SMILES string of the molecule is [B]c1cc(OCC2CC2)cc(C(N)(COC(N)I)c2ccc(OC)c(C)c2)c1. The highest BCUT2D eigenvalue weighted by atomic mass is 127. The third-order valence-corrected chi connectivity index (χ3v) is 5.37.